The van der Waals surface area contributed by atoms with Crippen LogP contribution in [0.25, 0.3) is 0 Å². The highest BCUT2D eigenvalue weighted by Gasteiger charge is 2.21. The molecule has 1 aliphatic heterocycles. The number of anilines is 2. The first-order valence-electron chi connectivity index (χ1n) is 8.99. The van der Waals surface area contributed by atoms with Gasteiger partial charge < -0.3 is 14.8 Å². The van der Waals surface area contributed by atoms with E-state index in [0.717, 1.165) is 23.1 Å². The number of hydrogen-bond acceptors (Lipinski definition) is 5. The molecule has 0 atom stereocenters. The third-order valence-electron chi connectivity index (χ3n) is 4.69. The molecule has 0 fully saturated rings. The molecule has 0 saturated carbocycles. The van der Waals surface area contributed by atoms with Gasteiger partial charge in [-0.25, -0.2) is 8.42 Å². The van der Waals surface area contributed by atoms with Gasteiger partial charge in [0.05, 0.1) is 11.9 Å². The number of benzene rings is 2. The average molecular weight is 404 g/mol. The standard InChI is InChI=1S/C20H24N2O5S/c1-14-6-4-7-17(15(14)2)21-20(23)8-5-11-22(28(3,24)25)16-9-10-18-19(12-16)27-13-26-18/h4,6-7,9-10,12H,5,8,11,13H2,1-3H3,(H,21,23). The number of amides is 1. The fourth-order valence-corrected chi connectivity index (χ4v) is 3.97. The lowest BCUT2D eigenvalue weighted by atomic mass is 10.1. The summed E-state index contributed by atoms with van der Waals surface area (Å²) in [4.78, 5) is 12.3. The number of sulfonamides is 1. The normalized spacial score (nSPS) is 12.7. The van der Waals surface area contributed by atoms with E-state index in [-0.39, 0.29) is 25.7 Å². The van der Waals surface area contributed by atoms with Crippen LogP contribution in [0.4, 0.5) is 11.4 Å². The van der Waals surface area contributed by atoms with Crippen LogP contribution in [0.2, 0.25) is 0 Å². The van der Waals surface area contributed by atoms with E-state index in [9.17, 15) is 13.2 Å². The quantitative estimate of drug-likeness (QED) is 0.766. The first-order valence-corrected chi connectivity index (χ1v) is 10.8. The summed E-state index contributed by atoms with van der Waals surface area (Å²) >= 11 is 0. The van der Waals surface area contributed by atoms with Crippen LogP contribution in [0.5, 0.6) is 11.5 Å². The van der Waals surface area contributed by atoms with Crippen LogP contribution in [0.1, 0.15) is 24.0 Å². The zero-order valence-electron chi connectivity index (χ0n) is 16.2. The molecule has 0 spiro atoms. The molecule has 0 aliphatic carbocycles. The van der Waals surface area contributed by atoms with Crippen molar-refractivity contribution in [2.24, 2.45) is 0 Å². The summed E-state index contributed by atoms with van der Waals surface area (Å²) in [7, 11) is -3.50. The van der Waals surface area contributed by atoms with Crippen molar-refractivity contribution < 1.29 is 22.7 Å². The zero-order valence-corrected chi connectivity index (χ0v) is 17.0. The third-order valence-corrected chi connectivity index (χ3v) is 5.88. The lowest BCUT2D eigenvalue weighted by Gasteiger charge is -2.22. The Hall–Kier alpha value is -2.74. The molecule has 0 unspecified atom stereocenters. The first-order chi connectivity index (χ1) is 13.3. The summed E-state index contributed by atoms with van der Waals surface area (Å²) in [5, 5.41) is 2.89. The molecule has 0 saturated heterocycles. The van der Waals surface area contributed by atoms with Crippen LogP contribution in [0.3, 0.4) is 0 Å². The van der Waals surface area contributed by atoms with Crippen molar-refractivity contribution in [1.29, 1.82) is 0 Å². The second kappa shape index (κ2) is 8.10. The molecule has 2 aromatic carbocycles. The third kappa shape index (κ3) is 4.56. The van der Waals surface area contributed by atoms with Gasteiger partial charge in [0, 0.05) is 24.7 Å². The number of rotatable bonds is 7. The molecule has 0 aromatic heterocycles. The van der Waals surface area contributed by atoms with Gasteiger partial charge in [-0.1, -0.05) is 12.1 Å². The fraction of sp³-hybridized carbons (Fsp3) is 0.350. The van der Waals surface area contributed by atoms with Crippen LogP contribution in [0, 0.1) is 13.8 Å². The number of carbonyl (C=O) groups excluding carboxylic acids is 1. The highest BCUT2D eigenvalue weighted by molar-refractivity contribution is 7.92. The molecule has 1 aliphatic rings. The summed E-state index contributed by atoms with van der Waals surface area (Å²) in [5.41, 5.74) is 3.39. The molecule has 2 aromatic rings. The van der Waals surface area contributed by atoms with Gasteiger partial charge in [0.15, 0.2) is 11.5 Å². The van der Waals surface area contributed by atoms with Crippen molar-refractivity contribution in [1.82, 2.24) is 0 Å². The lowest BCUT2D eigenvalue weighted by molar-refractivity contribution is -0.116. The first kappa shape index (κ1) is 20.0. The molecule has 7 nitrogen and oxygen atoms in total. The largest absolute Gasteiger partial charge is 0.454 e. The molecule has 8 heteroatoms. The van der Waals surface area contributed by atoms with E-state index in [2.05, 4.69) is 5.32 Å². The van der Waals surface area contributed by atoms with Crippen LogP contribution in [0.15, 0.2) is 36.4 Å². The predicted octanol–water partition coefficient (Wildman–Crippen LogP) is 3.22. The molecule has 150 valence electrons. The lowest BCUT2D eigenvalue weighted by Crippen LogP contribution is -2.31. The molecule has 3 rings (SSSR count). The highest BCUT2D eigenvalue weighted by atomic mass is 32.2. The molecule has 0 radical (unpaired) electrons. The van der Waals surface area contributed by atoms with E-state index in [1.54, 1.807) is 18.2 Å². The van der Waals surface area contributed by atoms with Crippen LogP contribution in [-0.4, -0.2) is 33.9 Å². The second-order valence-corrected chi connectivity index (χ2v) is 8.68. The number of fused-ring (bicyclic) bond motifs is 1. The Morgan fingerprint density at radius 1 is 1.14 bits per heavy atom. The second-order valence-electron chi connectivity index (χ2n) is 6.77. The van der Waals surface area contributed by atoms with Crippen molar-refractivity contribution in [2.45, 2.75) is 26.7 Å². The Balaban J connectivity index is 1.63. The van der Waals surface area contributed by atoms with Gasteiger partial charge in [0.2, 0.25) is 22.7 Å². The molecule has 1 heterocycles. The SMILES string of the molecule is Cc1cccc(NC(=O)CCCN(c2ccc3c(c2)OCO3)S(C)(=O)=O)c1C. The Bertz CT molecular complexity index is 988. The molecular formula is C20H24N2O5S. The van der Waals surface area contributed by atoms with Crippen molar-refractivity contribution in [3.8, 4) is 11.5 Å². The number of ether oxygens (including phenoxy) is 2. The summed E-state index contributed by atoms with van der Waals surface area (Å²) in [5.74, 6) is 0.955. The molecule has 28 heavy (non-hydrogen) atoms. The molecule has 1 amide bonds. The Labute approximate surface area is 165 Å². The molecule has 1 N–H and O–H groups in total. The maximum Gasteiger partial charge on any atom is 0.232 e. The maximum absolute atomic E-state index is 12.3. The molecule has 0 bridgehead atoms. The monoisotopic (exact) mass is 404 g/mol. The van der Waals surface area contributed by atoms with Crippen molar-refractivity contribution in [3.63, 3.8) is 0 Å². The van der Waals surface area contributed by atoms with Crippen LogP contribution in [-0.2, 0) is 14.8 Å². The number of hydrogen-bond donors (Lipinski definition) is 1. The number of nitrogens with zero attached hydrogens (tertiary/aromatic N) is 1. The van der Waals surface area contributed by atoms with Gasteiger partial charge in [-0.2, -0.15) is 0 Å². The minimum Gasteiger partial charge on any atom is -0.454 e. The Kier molecular flexibility index (Phi) is 5.79. The van der Waals surface area contributed by atoms with Crippen molar-refractivity contribution in [3.05, 3.63) is 47.5 Å². The summed E-state index contributed by atoms with van der Waals surface area (Å²) in [6.07, 6.45) is 1.75. The van der Waals surface area contributed by atoms with Gasteiger partial charge >= 0.3 is 0 Å². The van der Waals surface area contributed by atoms with Crippen LogP contribution < -0.4 is 19.1 Å². The average Bonchev–Trinajstić information content (AvgIpc) is 3.09. The van der Waals surface area contributed by atoms with Gasteiger partial charge in [0.1, 0.15) is 0 Å². The Morgan fingerprint density at radius 2 is 1.89 bits per heavy atom. The van der Waals surface area contributed by atoms with Gasteiger partial charge in [0.25, 0.3) is 0 Å². The number of aryl methyl sites for hydroxylation is 1. The van der Waals surface area contributed by atoms with E-state index < -0.39 is 10.0 Å². The van der Waals surface area contributed by atoms with E-state index in [4.69, 9.17) is 9.47 Å². The van der Waals surface area contributed by atoms with Crippen molar-refractivity contribution in [2.75, 3.05) is 29.2 Å². The van der Waals surface area contributed by atoms with Gasteiger partial charge in [-0.15, -0.1) is 0 Å². The van der Waals surface area contributed by atoms with Gasteiger partial charge in [-0.3, -0.25) is 9.10 Å². The summed E-state index contributed by atoms with van der Waals surface area (Å²) < 4.78 is 36.3. The van der Waals surface area contributed by atoms with Crippen LogP contribution >= 0.6 is 0 Å². The minimum absolute atomic E-state index is 0.121. The fourth-order valence-electron chi connectivity index (χ4n) is 3.01. The smallest absolute Gasteiger partial charge is 0.232 e. The summed E-state index contributed by atoms with van der Waals surface area (Å²) in [6, 6.07) is 10.7. The maximum atomic E-state index is 12.3. The van der Waals surface area contributed by atoms with Crippen molar-refractivity contribution >= 4 is 27.3 Å². The topological polar surface area (TPSA) is 84.9 Å². The van der Waals surface area contributed by atoms with E-state index in [0.29, 0.717) is 23.6 Å². The molecular weight excluding hydrogens is 380 g/mol. The van der Waals surface area contributed by atoms with E-state index >= 15 is 0 Å². The number of nitrogens with one attached hydrogen (secondary N) is 1. The highest BCUT2D eigenvalue weighted by Crippen LogP contribution is 2.36. The predicted molar refractivity (Wildman–Crippen MR) is 109 cm³/mol. The zero-order chi connectivity index (χ0) is 20.3. The van der Waals surface area contributed by atoms with E-state index in [1.165, 1.54) is 4.31 Å². The minimum atomic E-state index is -3.50. The van der Waals surface area contributed by atoms with E-state index in [1.807, 2.05) is 32.0 Å². The number of carbonyl (C=O) groups is 1. The summed E-state index contributed by atoms with van der Waals surface area (Å²) in [6.45, 7) is 4.26. The van der Waals surface area contributed by atoms with Gasteiger partial charge in [-0.05, 0) is 49.6 Å². The Morgan fingerprint density at radius 3 is 2.64 bits per heavy atom.